The molecule has 2 atom stereocenters. The minimum atomic E-state index is -1.16. The number of aromatic carboxylic acids is 1. The van der Waals surface area contributed by atoms with Crippen molar-refractivity contribution in [2.75, 3.05) is 0 Å². The lowest BCUT2D eigenvalue weighted by atomic mass is 10.0. The maximum atomic E-state index is 12.2. The molecule has 2 aliphatic rings. The van der Waals surface area contributed by atoms with Gasteiger partial charge in [-0.1, -0.05) is 48.4 Å². The molecule has 0 aliphatic heterocycles. The summed E-state index contributed by atoms with van der Waals surface area (Å²) in [5, 5.41) is 40.7. The first-order chi connectivity index (χ1) is 24.6. The summed E-state index contributed by atoms with van der Waals surface area (Å²) in [6.45, 7) is 4.10. The number of carboxylic acid groups (broad SMARTS) is 1. The lowest BCUT2D eigenvalue weighted by Crippen LogP contribution is -2.28. The Labute approximate surface area is 304 Å². The second kappa shape index (κ2) is 16.5. The van der Waals surface area contributed by atoms with Crippen LogP contribution in [-0.2, 0) is 39.8 Å². The number of nitrogens with two attached hydrogens (primary N) is 1. The van der Waals surface area contributed by atoms with Crippen LogP contribution in [0.5, 0.6) is 0 Å². The largest absolute Gasteiger partial charge is 0.475 e. The number of hydrogen-bond donors (Lipinski definition) is 3. The molecule has 0 unspecified atom stereocenters. The van der Waals surface area contributed by atoms with Gasteiger partial charge in [-0.3, -0.25) is 4.79 Å². The predicted molar refractivity (Wildman–Crippen MR) is 188 cm³/mol. The quantitative estimate of drug-likeness (QED) is 0.211. The van der Waals surface area contributed by atoms with Crippen molar-refractivity contribution in [2.45, 2.75) is 64.5 Å². The van der Waals surface area contributed by atoms with E-state index in [-0.39, 0.29) is 42.0 Å². The zero-order valence-corrected chi connectivity index (χ0v) is 29.9. The molecule has 2 aliphatic carbocycles. The van der Waals surface area contributed by atoms with Crippen molar-refractivity contribution in [2.24, 2.45) is 19.8 Å². The van der Waals surface area contributed by atoms with Gasteiger partial charge in [0.1, 0.15) is 22.9 Å². The maximum Gasteiger partial charge on any atom is 0.377 e. The summed E-state index contributed by atoms with van der Waals surface area (Å²) in [7, 11) is 3.13. The lowest BCUT2D eigenvalue weighted by molar-refractivity contribution is 0.0682. The van der Waals surface area contributed by atoms with Crippen LogP contribution in [0.3, 0.4) is 0 Å². The van der Waals surface area contributed by atoms with Gasteiger partial charge in [-0.2, -0.15) is 9.59 Å². The fourth-order valence-electron chi connectivity index (χ4n) is 5.94. The molecule has 8 rings (SSSR count). The highest BCUT2D eigenvalue weighted by molar-refractivity contribution is 5.90. The zero-order valence-electron chi connectivity index (χ0n) is 29.1. The molecule has 4 N–H and O–H groups in total. The van der Waals surface area contributed by atoms with Gasteiger partial charge in [0.15, 0.2) is 0 Å². The van der Waals surface area contributed by atoms with Crippen molar-refractivity contribution in [3.63, 3.8) is 0 Å². The molecule has 272 valence electrons. The third-order valence-electron chi connectivity index (χ3n) is 8.61. The Hall–Kier alpha value is -5.81. The number of aromatic nitrogens is 10. The van der Waals surface area contributed by atoms with Crippen molar-refractivity contribution in [3.8, 4) is 22.5 Å². The number of aryl methyl sites for hydroxylation is 6. The standard InChI is InChI=1S/C17H18N6O2.C14H16N2O.C3H4N4O2.ClH/c1-3-12-9-15(21-25-12)11-4-6-13-10(8-11)5-7-14(13)18-17(24)16-19-22-23(2)20-16;1-2-11-8-14(16-17-11)10-3-5-12-9(7-10)4-6-13(12)15;1-7-5-2(3(8)9)4-6-7;/h4,6,8-9,14H,3,5,7H2,1-2H3,(H,18,24);3,5,7-8,13H,2,4,6,15H2,1H3;1H3,(H,8,9);1H/t14-;13-;;/m11../s1. The number of fused-ring (bicyclic) bond motifs is 2. The van der Waals surface area contributed by atoms with Crippen molar-refractivity contribution in [1.29, 1.82) is 0 Å². The first kappa shape index (κ1) is 37.4. The summed E-state index contributed by atoms with van der Waals surface area (Å²) < 4.78 is 10.5. The van der Waals surface area contributed by atoms with E-state index in [1.54, 1.807) is 7.05 Å². The van der Waals surface area contributed by atoms with Gasteiger partial charge >= 0.3 is 5.97 Å². The highest BCUT2D eigenvalue weighted by atomic mass is 35.5. The summed E-state index contributed by atoms with van der Waals surface area (Å²) in [5.74, 6) is 0.135. The van der Waals surface area contributed by atoms with E-state index >= 15 is 0 Å². The molecule has 6 aromatic rings. The maximum absolute atomic E-state index is 12.2. The van der Waals surface area contributed by atoms with E-state index in [4.69, 9.17) is 19.9 Å². The number of nitrogens with zero attached hydrogens (tertiary/aromatic N) is 10. The number of nitrogens with one attached hydrogen (secondary N) is 1. The van der Waals surface area contributed by atoms with Gasteiger partial charge in [-0.15, -0.1) is 32.8 Å². The minimum absolute atomic E-state index is 0. The Morgan fingerprint density at radius 1 is 0.808 bits per heavy atom. The Kier molecular flexibility index (Phi) is 11.9. The van der Waals surface area contributed by atoms with Gasteiger partial charge in [0.2, 0.25) is 0 Å². The Morgan fingerprint density at radius 3 is 1.81 bits per heavy atom. The van der Waals surface area contributed by atoms with Gasteiger partial charge in [0, 0.05) is 42.1 Å². The molecule has 0 fully saturated rings. The highest BCUT2D eigenvalue weighted by Gasteiger charge is 2.26. The average Bonchev–Trinajstić information content (AvgIpc) is 3.99. The first-order valence-corrected chi connectivity index (χ1v) is 16.6. The fourth-order valence-corrected chi connectivity index (χ4v) is 5.94. The van der Waals surface area contributed by atoms with E-state index < -0.39 is 5.97 Å². The van der Waals surface area contributed by atoms with Crippen molar-refractivity contribution in [1.82, 2.24) is 56.0 Å². The van der Waals surface area contributed by atoms with Crippen molar-refractivity contribution >= 4 is 24.3 Å². The molecule has 2 aromatic carbocycles. The number of amides is 1. The number of halogens is 1. The van der Waals surface area contributed by atoms with Crippen LogP contribution in [0.25, 0.3) is 22.5 Å². The van der Waals surface area contributed by atoms with Crippen LogP contribution < -0.4 is 11.1 Å². The first-order valence-electron chi connectivity index (χ1n) is 16.6. The number of carbonyl (C=O) groups is 2. The molecule has 17 nitrogen and oxygen atoms in total. The van der Waals surface area contributed by atoms with Crippen LogP contribution in [0.4, 0.5) is 0 Å². The van der Waals surface area contributed by atoms with Crippen LogP contribution >= 0.6 is 12.4 Å². The molecule has 0 spiro atoms. The van der Waals surface area contributed by atoms with E-state index in [0.717, 1.165) is 82.9 Å². The lowest BCUT2D eigenvalue weighted by Gasteiger charge is -2.12. The van der Waals surface area contributed by atoms with Gasteiger partial charge < -0.3 is 25.2 Å². The molecule has 4 aromatic heterocycles. The summed E-state index contributed by atoms with van der Waals surface area (Å²) >= 11 is 0. The average molecular weight is 731 g/mol. The Morgan fingerprint density at radius 2 is 1.33 bits per heavy atom. The smallest absolute Gasteiger partial charge is 0.377 e. The molecular weight excluding hydrogens is 692 g/mol. The summed E-state index contributed by atoms with van der Waals surface area (Å²) in [6.07, 6.45) is 5.58. The Balaban J connectivity index is 0.000000167. The highest BCUT2D eigenvalue weighted by Crippen LogP contribution is 2.35. The number of carbonyl (C=O) groups excluding carboxylic acids is 1. The van der Waals surface area contributed by atoms with E-state index in [9.17, 15) is 9.59 Å². The van der Waals surface area contributed by atoms with Crippen LogP contribution in [0.1, 0.15) is 93.8 Å². The molecule has 0 radical (unpaired) electrons. The van der Waals surface area contributed by atoms with Crippen LogP contribution in [0.2, 0.25) is 0 Å². The van der Waals surface area contributed by atoms with Gasteiger partial charge in [-0.25, -0.2) is 4.79 Å². The second-order valence-corrected chi connectivity index (χ2v) is 12.1. The number of benzene rings is 2. The normalized spacial score (nSPS) is 15.3. The van der Waals surface area contributed by atoms with Crippen molar-refractivity contribution < 1.29 is 23.7 Å². The topological polar surface area (TPSA) is 232 Å². The molecule has 1 amide bonds. The number of carboxylic acids is 1. The second-order valence-electron chi connectivity index (χ2n) is 12.1. The third-order valence-corrected chi connectivity index (χ3v) is 8.61. The number of rotatable bonds is 7. The molecule has 52 heavy (non-hydrogen) atoms. The number of hydrogen-bond acceptors (Lipinski definition) is 13. The van der Waals surface area contributed by atoms with Gasteiger partial charge in [0.05, 0.1) is 20.1 Å². The fraction of sp³-hybridized carbons (Fsp3) is 0.353. The van der Waals surface area contributed by atoms with Crippen molar-refractivity contribution in [3.05, 3.63) is 94.0 Å². The SMILES string of the molecule is CCc1cc(-c2ccc3c(c2)CC[C@H]3N)no1.CCc1cc(-c2ccc3c(c2)CC[C@H]3NC(=O)c2nnn(C)n2)no1.Cl.Cn1nnc(C(=O)O)n1. The summed E-state index contributed by atoms with van der Waals surface area (Å²) in [5.41, 5.74) is 14.9. The predicted octanol–water partition coefficient (Wildman–Crippen LogP) is 4.02. The number of tetrazole rings is 2. The monoisotopic (exact) mass is 730 g/mol. The van der Waals surface area contributed by atoms with E-state index in [1.165, 1.54) is 28.5 Å². The Bertz CT molecular complexity index is 2150. The van der Waals surface area contributed by atoms with E-state index in [2.05, 4.69) is 77.6 Å². The minimum Gasteiger partial charge on any atom is -0.475 e. The van der Waals surface area contributed by atoms with Crippen LogP contribution in [0, 0.1) is 0 Å². The summed E-state index contributed by atoms with van der Waals surface area (Å²) in [6, 6.07) is 16.7. The van der Waals surface area contributed by atoms with Gasteiger partial charge in [0.25, 0.3) is 17.6 Å². The third kappa shape index (κ3) is 8.55. The molecule has 4 heterocycles. The molecule has 18 heteroatoms. The zero-order chi connectivity index (χ0) is 36.1. The molecule has 0 saturated heterocycles. The summed E-state index contributed by atoms with van der Waals surface area (Å²) in [4.78, 5) is 24.6. The van der Waals surface area contributed by atoms with Crippen LogP contribution in [-0.4, -0.2) is 67.7 Å². The molecular formula is C34H39ClN12O5. The van der Waals surface area contributed by atoms with E-state index in [1.807, 2.05) is 31.2 Å². The molecule has 0 bridgehead atoms. The van der Waals surface area contributed by atoms with Crippen LogP contribution in [0.15, 0.2) is 57.6 Å². The van der Waals surface area contributed by atoms with E-state index in [0.29, 0.717) is 0 Å². The molecule has 0 saturated carbocycles. The van der Waals surface area contributed by atoms with Gasteiger partial charge in [-0.05, 0) is 70.5 Å².